The molecule has 65 heavy (non-hydrogen) atoms. The summed E-state index contributed by atoms with van der Waals surface area (Å²) in [6, 6.07) is 8.38. The van der Waals surface area contributed by atoms with E-state index in [1.54, 1.807) is 27.7 Å². The summed E-state index contributed by atoms with van der Waals surface area (Å²) in [6.45, 7) is 13.9. The second kappa shape index (κ2) is 20.2. The third-order valence-electron chi connectivity index (χ3n) is 14.5. The molecule has 10 atom stereocenters. The van der Waals surface area contributed by atoms with Gasteiger partial charge in [0.15, 0.2) is 0 Å². The molecule has 0 unspecified atom stereocenters. The minimum absolute atomic E-state index is 0.0970. The first-order valence-electron chi connectivity index (χ1n) is 23.1. The van der Waals surface area contributed by atoms with Crippen LogP contribution in [0.25, 0.3) is 10.8 Å². The fourth-order valence-corrected chi connectivity index (χ4v) is 10.5. The van der Waals surface area contributed by atoms with Crippen molar-refractivity contribution in [3.8, 4) is 0 Å². The van der Waals surface area contributed by atoms with Crippen LogP contribution in [0.5, 0.6) is 0 Å². The molecule has 5 aliphatic rings. The highest BCUT2D eigenvalue weighted by Crippen LogP contribution is 2.65. The molecule has 5 fully saturated rings. The number of carboxylic acids is 2. The second-order valence-corrected chi connectivity index (χ2v) is 20.0. The van der Waals surface area contributed by atoms with Gasteiger partial charge in [-0.25, -0.2) is 0 Å². The topological polar surface area (TPSA) is 256 Å². The molecule has 7 rings (SSSR count). The normalized spacial score (nSPS) is 25.4. The molecule has 0 spiro atoms. The number of hydrogen-bond acceptors (Lipinski definition) is 10. The molecule has 354 valence electrons. The van der Waals surface area contributed by atoms with Crippen LogP contribution in [0.2, 0.25) is 0 Å². The molecule has 8 N–H and O–H groups in total. The largest absolute Gasteiger partial charge is 0.481 e. The quantitative estimate of drug-likeness (QED) is 0.0948. The van der Waals surface area contributed by atoms with E-state index in [4.69, 9.17) is 20.1 Å². The lowest BCUT2D eigenvalue weighted by molar-refractivity contribution is -0.199. The number of rotatable bonds is 20. The Kier molecular flexibility index (Phi) is 15.4. The number of benzene rings is 2. The lowest BCUT2D eigenvalue weighted by Gasteiger charge is -2.64. The van der Waals surface area contributed by atoms with E-state index in [-0.39, 0.29) is 30.4 Å². The average Bonchev–Trinajstić information content (AvgIpc) is 3.88. The Morgan fingerprint density at radius 1 is 0.831 bits per heavy atom. The minimum Gasteiger partial charge on any atom is -0.481 e. The maximum atomic E-state index is 14.5. The third kappa shape index (κ3) is 11.0. The predicted molar refractivity (Wildman–Crippen MR) is 242 cm³/mol. The van der Waals surface area contributed by atoms with Crippen LogP contribution in [0, 0.1) is 29.1 Å². The average molecular weight is 903 g/mol. The number of amides is 5. The third-order valence-corrected chi connectivity index (χ3v) is 14.5. The number of aliphatic carboxylic acids is 2. The molecule has 17 nitrogen and oxygen atoms in total. The molecular formula is C47H67BN6O11. The maximum absolute atomic E-state index is 14.5. The van der Waals surface area contributed by atoms with Crippen LogP contribution in [0.4, 0.5) is 0 Å². The van der Waals surface area contributed by atoms with Crippen LogP contribution >= 0.6 is 0 Å². The summed E-state index contributed by atoms with van der Waals surface area (Å²) in [5, 5.41) is 31.6. The second-order valence-electron chi connectivity index (χ2n) is 20.0. The summed E-state index contributed by atoms with van der Waals surface area (Å²) in [4.78, 5) is 93.2. The van der Waals surface area contributed by atoms with Gasteiger partial charge in [-0.15, -0.1) is 0 Å². The summed E-state index contributed by atoms with van der Waals surface area (Å²) in [7, 11) is -0.695. The van der Waals surface area contributed by atoms with Crippen LogP contribution in [-0.2, 0) is 49.3 Å². The summed E-state index contributed by atoms with van der Waals surface area (Å²) in [6.07, 6.45) is 2.39. The Morgan fingerprint density at radius 2 is 1.51 bits per heavy atom. The number of nitrogens with zero attached hydrogens (tertiary/aromatic N) is 1. The van der Waals surface area contributed by atoms with Gasteiger partial charge in [-0.05, 0) is 97.3 Å². The number of nitrogens with one attached hydrogen (secondary N) is 4. The smallest absolute Gasteiger partial charge is 0.481 e. The van der Waals surface area contributed by atoms with Gasteiger partial charge in [-0.2, -0.15) is 0 Å². The Balaban J connectivity index is 1.15. The number of fused-ring (bicyclic) bond motifs is 1. The van der Waals surface area contributed by atoms with E-state index in [0.717, 1.165) is 29.2 Å². The zero-order chi connectivity index (χ0) is 47.5. The van der Waals surface area contributed by atoms with Crippen LogP contribution in [0.1, 0.15) is 105 Å². The van der Waals surface area contributed by atoms with Crippen molar-refractivity contribution in [2.24, 2.45) is 34.8 Å². The lowest BCUT2D eigenvalue weighted by Crippen LogP contribution is -2.65. The molecule has 2 aromatic carbocycles. The van der Waals surface area contributed by atoms with Crippen molar-refractivity contribution in [3.63, 3.8) is 0 Å². The van der Waals surface area contributed by atoms with Gasteiger partial charge in [0.2, 0.25) is 29.5 Å². The first-order valence-corrected chi connectivity index (χ1v) is 23.1. The Morgan fingerprint density at radius 3 is 2.15 bits per heavy atom. The van der Waals surface area contributed by atoms with E-state index in [9.17, 15) is 38.7 Å². The van der Waals surface area contributed by atoms with Crippen molar-refractivity contribution >= 4 is 59.4 Å². The van der Waals surface area contributed by atoms with Crippen LogP contribution in [0.15, 0.2) is 42.5 Å². The first-order chi connectivity index (χ1) is 30.6. The highest BCUT2D eigenvalue weighted by molar-refractivity contribution is 6.48. The molecule has 5 amide bonds. The van der Waals surface area contributed by atoms with Gasteiger partial charge in [-0.3, -0.25) is 33.6 Å². The summed E-state index contributed by atoms with van der Waals surface area (Å²) < 4.78 is 13.6. The molecule has 2 heterocycles. The van der Waals surface area contributed by atoms with E-state index >= 15 is 0 Å². The lowest BCUT2D eigenvalue weighted by atomic mass is 9.43. The molecule has 2 aromatic rings. The van der Waals surface area contributed by atoms with Gasteiger partial charge in [0.25, 0.3) is 0 Å². The summed E-state index contributed by atoms with van der Waals surface area (Å²) in [5.74, 6) is -6.59. The van der Waals surface area contributed by atoms with E-state index in [0.29, 0.717) is 37.5 Å². The summed E-state index contributed by atoms with van der Waals surface area (Å²) >= 11 is 0. The SMILES string of the molecule is CC(C)[C@H](NC(=O)[C@H](CCC(=O)O)NC(=O)[C@@H](N)CC(=O)O)C(=O)N[C@H](C(=O)N1CCC[C@H]1C(=O)N[C@@H](CCc1ccc2ccccc2c1)B1O[C@H]2C[C@@H]3C[C@@H](C3(C)C)[C@@]2(C)O1)C(C)C. The number of carbonyl (C=O) groups is 7. The molecule has 2 bridgehead atoms. The molecule has 18 heteroatoms. The molecule has 3 aliphatic carbocycles. The number of hydrogen-bond donors (Lipinski definition) is 7. The number of likely N-dealkylation sites (tertiary alicyclic amines) is 1. The maximum Gasteiger partial charge on any atom is 0.481 e. The van der Waals surface area contributed by atoms with Gasteiger partial charge in [0.1, 0.15) is 24.2 Å². The van der Waals surface area contributed by atoms with Crippen molar-refractivity contribution < 1.29 is 53.1 Å². The highest BCUT2D eigenvalue weighted by Gasteiger charge is 2.68. The first kappa shape index (κ1) is 49.4. The molecular weight excluding hydrogens is 835 g/mol. The van der Waals surface area contributed by atoms with Gasteiger partial charge in [0.05, 0.1) is 30.1 Å². The molecule has 0 radical (unpaired) electrons. The Bertz CT molecular complexity index is 2140. The van der Waals surface area contributed by atoms with Gasteiger partial charge < -0.3 is 51.4 Å². The van der Waals surface area contributed by atoms with E-state index in [1.807, 2.05) is 12.1 Å². The number of carboxylic acid groups (broad SMARTS) is 2. The molecule has 2 saturated heterocycles. The number of nitrogens with two attached hydrogens (primary N) is 1. The monoisotopic (exact) mass is 902 g/mol. The molecule has 3 saturated carbocycles. The van der Waals surface area contributed by atoms with Crippen LogP contribution in [-0.4, -0.2) is 118 Å². The predicted octanol–water partition coefficient (Wildman–Crippen LogP) is 2.95. The fraction of sp³-hybridized carbons (Fsp3) is 0.638. The van der Waals surface area contributed by atoms with Crippen molar-refractivity contribution in [1.82, 2.24) is 26.2 Å². The van der Waals surface area contributed by atoms with Gasteiger partial charge >= 0.3 is 19.1 Å². The highest BCUT2D eigenvalue weighted by atomic mass is 16.7. The fourth-order valence-electron chi connectivity index (χ4n) is 10.5. The zero-order valence-corrected chi connectivity index (χ0v) is 38.6. The summed E-state index contributed by atoms with van der Waals surface area (Å²) in [5.41, 5.74) is 6.42. The standard InChI is InChI=1S/C47H67BN6O11/c1-25(2)39(52-42(60)32(17-19-37(55)56)50-41(59)31(49)24-38(57)58)44(62)53-40(26(3)4)45(63)54-20-10-13-33(54)43(61)51-36(18-15-27-14-16-28-11-8-9-12-29(28)21-27)48-64-35-23-30-22-34(46(30,5)6)47(35,7)65-48/h8-9,11-12,14,16,21,25-26,30-36,39-40H,10,13,15,17-20,22-24,49H2,1-7H3,(H,50,59)(H,51,61)(H,52,60)(H,53,62)(H,55,56)(H,57,58)/t30-,31-,32-,33-,34-,35-,36-,39-,40-,47+/m0/s1. The van der Waals surface area contributed by atoms with E-state index < -0.39 is 109 Å². The zero-order valence-electron chi connectivity index (χ0n) is 38.6. The number of carbonyl (C=O) groups excluding carboxylic acids is 5. The van der Waals surface area contributed by atoms with E-state index in [2.05, 4.69) is 72.4 Å². The van der Waals surface area contributed by atoms with Crippen molar-refractivity contribution in [2.45, 2.75) is 154 Å². The van der Waals surface area contributed by atoms with Crippen LogP contribution < -0.4 is 27.0 Å². The van der Waals surface area contributed by atoms with Gasteiger partial charge in [0, 0.05) is 13.0 Å². The van der Waals surface area contributed by atoms with Crippen molar-refractivity contribution in [2.75, 3.05) is 6.54 Å². The van der Waals surface area contributed by atoms with Crippen molar-refractivity contribution in [3.05, 3.63) is 48.0 Å². The Hall–Kier alpha value is -5.07. The Labute approximate surface area is 381 Å². The van der Waals surface area contributed by atoms with Crippen molar-refractivity contribution in [1.29, 1.82) is 0 Å². The van der Waals surface area contributed by atoms with Gasteiger partial charge in [-0.1, -0.05) is 84.0 Å². The van der Waals surface area contributed by atoms with E-state index in [1.165, 1.54) is 4.90 Å². The molecule has 2 aliphatic heterocycles. The van der Waals surface area contributed by atoms with Crippen LogP contribution in [0.3, 0.4) is 0 Å². The minimum atomic E-state index is -1.51. The molecule has 0 aromatic heterocycles. The number of aryl methyl sites for hydroxylation is 1.